The molecular weight excluding hydrogens is 707 g/mol. The van der Waals surface area contributed by atoms with Crippen LogP contribution in [0.25, 0.3) is 0 Å². The van der Waals surface area contributed by atoms with Gasteiger partial charge >= 0.3 is 6.09 Å². The van der Waals surface area contributed by atoms with Crippen LogP contribution in [0.2, 0.25) is 0 Å². The number of likely N-dealkylation sites (N-methyl/N-ethyl adjacent to an activating group) is 1. The zero-order valence-corrected chi connectivity index (χ0v) is 36.7. The summed E-state index contributed by atoms with van der Waals surface area (Å²) in [4.78, 5) is 14.5. The van der Waals surface area contributed by atoms with E-state index in [-0.39, 0.29) is 31.0 Å². The summed E-state index contributed by atoms with van der Waals surface area (Å²) in [7, 11) is 1.78. The van der Waals surface area contributed by atoms with Gasteiger partial charge in [0.2, 0.25) is 0 Å². The first-order chi connectivity index (χ1) is 28.1. The predicted octanol–water partition coefficient (Wildman–Crippen LogP) is 14.5. The van der Waals surface area contributed by atoms with Crippen molar-refractivity contribution in [1.29, 1.82) is 0 Å². The van der Waals surface area contributed by atoms with Gasteiger partial charge in [-0.1, -0.05) is 170 Å². The van der Waals surface area contributed by atoms with Gasteiger partial charge in [-0.25, -0.2) is 4.79 Å². The van der Waals surface area contributed by atoms with Gasteiger partial charge in [0, 0.05) is 19.9 Å². The number of ether oxygens (including phenoxy) is 4. The van der Waals surface area contributed by atoms with Crippen LogP contribution in [-0.2, 0) is 25.6 Å². The van der Waals surface area contributed by atoms with E-state index in [9.17, 15) is 4.79 Å². The fourth-order valence-electron chi connectivity index (χ4n) is 7.91. The predicted molar refractivity (Wildman–Crippen MR) is 239 cm³/mol. The van der Waals surface area contributed by atoms with Crippen LogP contribution < -0.4 is 0 Å². The van der Waals surface area contributed by atoms with Crippen LogP contribution in [0.4, 0.5) is 4.79 Å². The molecule has 0 bridgehead atoms. The minimum absolute atomic E-state index is 0.0852. The highest BCUT2D eigenvalue weighted by molar-refractivity contribution is 5.67. The third kappa shape index (κ3) is 22.3. The third-order valence-corrected chi connectivity index (χ3v) is 11.4. The van der Waals surface area contributed by atoms with Crippen molar-refractivity contribution in [3.63, 3.8) is 0 Å². The van der Waals surface area contributed by atoms with Crippen LogP contribution in [0.1, 0.15) is 186 Å². The van der Waals surface area contributed by atoms with Gasteiger partial charge in [-0.3, -0.25) is 0 Å². The lowest BCUT2D eigenvalue weighted by molar-refractivity contribution is -0.209. The van der Waals surface area contributed by atoms with E-state index in [4.69, 9.17) is 18.9 Å². The summed E-state index contributed by atoms with van der Waals surface area (Å²) in [6.07, 6.45) is 49.5. The van der Waals surface area contributed by atoms with Crippen molar-refractivity contribution in [2.24, 2.45) is 0 Å². The fourth-order valence-corrected chi connectivity index (χ4v) is 7.91. The van der Waals surface area contributed by atoms with Gasteiger partial charge in [-0.2, -0.15) is 0 Å². The topological polar surface area (TPSA) is 57.2 Å². The van der Waals surface area contributed by atoms with Crippen molar-refractivity contribution in [2.45, 2.75) is 211 Å². The molecule has 1 aromatic carbocycles. The molecule has 0 aliphatic carbocycles. The molecule has 0 aromatic heterocycles. The lowest BCUT2D eigenvalue weighted by Gasteiger charge is -2.31. The Bertz CT molecular complexity index is 1190. The number of unbranched alkanes of at least 4 members (excludes halogenated alkanes) is 18. The molecule has 0 spiro atoms. The Morgan fingerprint density at radius 2 is 1.12 bits per heavy atom. The van der Waals surface area contributed by atoms with Crippen molar-refractivity contribution in [3.05, 3.63) is 84.5 Å². The summed E-state index contributed by atoms with van der Waals surface area (Å²) in [6.45, 7) is 5.71. The molecule has 0 unspecified atom stereocenters. The van der Waals surface area contributed by atoms with E-state index in [1.54, 1.807) is 11.9 Å². The van der Waals surface area contributed by atoms with Crippen molar-refractivity contribution in [3.8, 4) is 0 Å². The summed E-state index contributed by atoms with van der Waals surface area (Å²) < 4.78 is 25.4. The number of carbonyl (C=O) groups is 1. The van der Waals surface area contributed by atoms with Crippen LogP contribution in [0.3, 0.4) is 0 Å². The molecule has 6 nitrogen and oxygen atoms in total. The molecule has 0 saturated carbocycles. The summed E-state index contributed by atoms with van der Waals surface area (Å²) in [5.41, 5.74) is 0.974. The van der Waals surface area contributed by atoms with E-state index in [2.05, 4.69) is 62.5 Å². The maximum Gasteiger partial charge on any atom is 0.409 e. The molecule has 0 radical (unpaired) electrons. The molecule has 322 valence electrons. The molecule has 2 aliphatic heterocycles. The first kappa shape index (κ1) is 48.7. The first-order valence-electron chi connectivity index (χ1n) is 23.6. The Morgan fingerprint density at radius 1 is 0.649 bits per heavy atom. The quantitative estimate of drug-likeness (QED) is 0.0514. The van der Waals surface area contributed by atoms with Gasteiger partial charge in [0.1, 0.15) is 24.9 Å². The monoisotopic (exact) mass is 790 g/mol. The highest BCUT2D eigenvalue weighted by Crippen LogP contribution is 2.42. The molecule has 2 saturated heterocycles. The van der Waals surface area contributed by atoms with Gasteiger partial charge in [-0.05, 0) is 82.6 Å². The molecule has 2 aliphatic rings. The maximum atomic E-state index is 12.8. The Balaban J connectivity index is 1.36. The van der Waals surface area contributed by atoms with E-state index in [1.807, 2.05) is 30.3 Å². The second-order valence-corrected chi connectivity index (χ2v) is 16.6. The first-order valence-corrected chi connectivity index (χ1v) is 23.6. The van der Waals surface area contributed by atoms with Crippen molar-refractivity contribution in [1.82, 2.24) is 4.90 Å². The van der Waals surface area contributed by atoms with Gasteiger partial charge in [0.05, 0.1) is 13.2 Å². The summed E-state index contributed by atoms with van der Waals surface area (Å²) in [6, 6.07) is 9.80. The molecule has 2 fully saturated rings. The third-order valence-electron chi connectivity index (χ3n) is 11.4. The van der Waals surface area contributed by atoms with E-state index in [1.165, 1.54) is 128 Å². The van der Waals surface area contributed by atoms with Crippen molar-refractivity contribution >= 4 is 6.09 Å². The molecule has 1 amide bonds. The average Bonchev–Trinajstić information content (AvgIpc) is 3.77. The highest BCUT2D eigenvalue weighted by atomic mass is 16.8. The van der Waals surface area contributed by atoms with Gasteiger partial charge in [0.15, 0.2) is 5.79 Å². The Hall–Kier alpha value is -2.67. The lowest BCUT2D eigenvalue weighted by atomic mass is 9.98. The van der Waals surface area contributed by atoms with E-state index >= 15 is 0 Å². The van der Waals surface area contributed by atoms with E-state index in [0.29, 0.717) is 13.2 Å². The lowest BCUT2D eigenvalue weighted by Crippen LogP contribution is -2.41. The maximum absolute atomic E-state index is 12.8. The fraction of sp³-hybridized carbons (Fsp3) is 0.706. The molecule has 0 N–H and O–H groups in total. The summed E-state index contributed by atoms with van der Waals surface area (Å²) in [5.74, 6) is -0.547. The van der Waals surface area contributed by atoms with Crippen LogP contribution in [-0.4, -0.2) is 55.3 Å². The smallest absolute Gasteiger partial charge is 0.409 e. The summed E-state index contributed by atoms with van der Waals surface area (Å²) >= 11 is 0. The molecule has 1 aromatic rings. The second kappa shape index (κ2) is 32.2. The number of hydrogen-bond acceptors (Lipinski definition) is 5. The number of nitrogens with zero attached hydrogens (tertiary/aromatic N) is 1. The Morgan fingerprint density at radius 3 is 1.63 bits per heavy atom. The number of fused-ring (bicyclic) bond motifs is 1. The Kier molecular flexibility index (Phi) is 27.5. The SMILES string of the molecule is CCCCC/C=C\C/C=C\CCCCCCCCC1(CCCCCCCC/C=C\C/C=C\CCCCC)O[C@H]2[C@H](CN(C)C(=O)OCc3ccccc3)OC[C@H]2O1. The summed E-state index contributed by atoms with van der Waals surface area (Å²) in [5, 5.41) is 0. The number of allylic oxidation sites excluding steroid dienone is 8. The molecule has 3 rings (SSSR count). The van der Waals surface area contributed by atoms with Gasteiger partial charge < -0.3 is 23.8 Å². The van der Waals surface area contributed by atoms with Crippen LogP contribution in [0.15, 0.2) is 78.9 Å². The zero-order valence-electron chi connectivity index (χ0n) is 36.7. The zero-order chi connectivity index (χ0) is 40.5. The largest absolute Gasteiger partial charge is 0.445 e. The molecular formula is C51H83NO5. The highest BCUT2D eigenvalue weighted by Gasteiger charge is 2.53. The molecule has 6 heteroatoms. The number of hydrogen-bond donors (Lipinski definition) is 0. The minimum Gasteiger partial charge on any atom is -0.445 e. The van der Waals surface area contributed by atoms with Gasteiger partial charge in [0.25, 0.3) is 0 Å². The molecule has 57 heavy (non-hydrogen) atoms. The Labute approximate surface area is 349 Å². The molecule has 2 heterocycles. The van der Waals surface area contributed by atoms with Crippen LogP contribution in [0.5, 0.6) is 0 Å². The number of carbonyl (C=O) groups excluding carboxylic acids is 1. The number of rotatable bonds is 34. The van der Waals surface area contributed by atoms with Crippen molar-refractivity contribution < 1.29 is 23.7 Å². The number of amides is 1. The van der Waals surface area contributed by atoms with Gasteiger partial charge in [-0.15, -0.1) is 0 Å². The number of benzene rings is 1. The van der Waals surface area contributed by atoms with E-state index < -0.39 is 5.79 Å². The van der Waals surface area contributed by atoms with E-state index in [0.717, 1.165) is 44.1 Å². The average molecular weight is 790 g/mol. The van der Waals surface area contributed by atoms with Crippen LogP contribution in [0, 0.1) is 0 Å². The minimum atomic E-state index is -0.547. The van der Waals surface area contributed by atoms with Crippen molar-refractivity contribution in [2.75, 3.05) is 20.2 Å². The standard InChI is InChI=1S/C51H83NO5/c1-4-6-8-10-12-14-16-18-20-22-24-26-28-30-32-37-41-51(42-38-33-31-29-27-25-23-21-19-17-15-13-11-9-7-5-2)56-48-45-54-47(49(48)57-51)43-52(3)50(53)55-44-46-39-35-34-36-40-46/h12-15,18-21,34-36,39-40,47-49H,4-11,16-17,22-33,37-38,41-45H2,1-3H3/b14-12-,15-13-,20-18-,21-19-/t47-,48+,49-/m0/s1. The second-order valence-electron chi connectivity index (χ2n) is 16.6. The molecule has 3 atom stereocenters. The van der Waals surface area contributed by atoms with Crippen LogP contribution >= 0.6 is 0 Å². The normalized spacial score (nSPS) is 19.2.